The first-order valence-corrected chi connectivity index (χ1v) is 7.24. The molecule has 20 heavy (non-hydrogen) atoms. The van der Waals surface area contributed by atoms with Crippen molar-refractivity contribution in [3.8, 4) is 17.0 Å². The average Bonchev–Trinajstić information content (AvgIpc) is 2.89. The second-order valence-electron chi connectivity index (χ2n) is 4.37. The van der Waals surface area contributed by atoms with E-state index in [1.165, 1.54) is 23.5 Å². The van der Waals surface area contributed by atoms with Gasteiger partial charge in [-0.25, -0.2) is 4.98 Å². The van der Waals surface area contributed by atoms with Crippen molar-refractivity contribution in [2.45, 2.75) is 32.4 Å². The van der Waals surface area contributed by atoms with Crippen molar-refractivity contribution in [3.63, 3.8) is 0 Å². The zero-order valence-electron chi connectivity index (χ0n) is 11.1. The Morgan fingerprint density at radius 1 is 1.30 bits per heavy atom. The van der Waals surface area contributed by atoms with Gasteiger partial charge in [-0.3, -0.25) is 0 Å². The second kappa shape index (κ2) is 6.76. The molecule has 0 amide bonds. The number of benzene rings is 1. The lowest BCUT2D eigenvalue weighted by molar-refractivity contribution is -0.0498. The maximum atomic E-state index is 12.1. The summed E-state index contributed by atoms with van der Waals surface area (Å²) < 4.78 is 28.4. The van der Waals surface area contributed by atoms with E-state index in [-0.39, 0.29) is 11.8 Å². The molecule has 0 spiro atoms. The van der Waals surface area contributed by atoms with Crippen molar-refractivity contribution in [2.75, 3.05) is 0 Å². The van der Waals surface area contributed by atoms with Gasteiger partial charge in [0.2, 0.25) is 0 Å². The maximum Gasteiger partial charge on any atom is 0.387 e. The Morgan fingerprint density at radius 3 is 2.60 bits per heavy atom. The molecule has 3 nitrogen and oxygen atoms in total. The predicted molar refractivity (Wildman–Crippen MR) is 76.0 cm³/mol. The first-order valence-electron chi connectivity index (χ1n) is 6.36. The summed E-state index contributed by atoms with van der Waals surface area (Å²) in [6.07, 6.45) is 1.91. The highest BCUT2D eigenvalue weighted by Gasteiger charge is 2.11. The lowest BCUT2D eigenvalue weighted by Gasteiger charge is -2.06. The number of hydrogen-bond acceptors (Lipinski definition) is 4. The molecular formula is C14H16F2N2OS. The molecule has 2 rings (SSSR count). The number of rotatable bonds is 6. The van der Waals surface area contributed by atoms with Crippen molar-refractivity contribution in [1.29, 1.82) is 0 Å². The highest BCUT2D eigenvalue weighted by Crippen LogP contribution is 2.27. The minimum atomic E-state index is -2.81. The SMILES string of the molecule is CCCC(N)c1nc(-c2ccc(OC(F)F)cc2)cs1. The van der Waals surface area contributed by atoms with Crippen molar-refractivity contribution in [2.24, 2.45) is 5.73 Å². The van der Waals surface area contributed by atoms with Crippen molar-refractivity contribution >= 4 is 11.3 Å². The maximum absolute atomic E-state index is 12.1. The molecule has 0 aliphatic heterocycles. The fraction of sp³-hybridized carbons (Fsp3) is 0.357. The van der Waals surface area contributed by atoms with Gasteiger partial charge in [0.1, 0.15) is 10.8 Å². The highest BCUT2D eigenvalue weighted by molar-refractivity contribution is 7.10. The van der Waals surface area contributed by atoms with Crippen LogP contribution in [0.25, 0.3) is 11.3 Å². The zero-order chi connectivity index (χ0) is 14.5. The quantitative estimate of drug-likeness (QED) is 0.869. The van der Waals surface area contributed by atoms with E-state index in [0.717, 1.165) is 29.1 Å². The summed E-state index contributed by atoms with van der Waals surface area (Å²) in [4.78, 5) is 4.49. The van der Waals surface area contributed by atoms with Crippen LogP contribution >= 0.6 is 11.3 Å². The van der Waals surface area contributed by atoms with Crippen molar-refractivity contribution < 1.29 is 13.5 Å². The molecule has 6 heteroatoms. The van der Waals surface area contributed by atoms with Gasteiger partial charge in [0.15, 0.2) is 0 Å². The van der Waals surface area contributed by atoms with Gasteiger partial charge in [0.25, 0.3) is 0 Å². The van der Waals surface area contributed by atoms with Crippen LogP contribution in [-0.4, -0.2) is 11.6 Å². The third-order valence-electron chi connectivity index (χ3n) is 2.81. The Kier molecular flexibility index (Phi) is 5.03. The molecule has 2 N–H and O–H groups in total. The summed E-state index contributed by atoms with van der Waals surface area (Å²) in [6, 6.07) is 6.39. The topological polar surface area (TPSA) is 48.1 Å². The fourth-order valence-corrected chi connectivity index (χ4v) is 2.70. The summed E-state index contributed by atoms with van der Waals surface area (Å²) in [6.45, 7) is -0.727. The number of hydrogen-bond donors (Lipinski definition) is 1. The van der Waals surface area contributed by atoms with Crippen LogP contribution < -0.4 is 10.5 Å². The van der Waals surface area contributed by atoms with Crippen LogP contribution in [-0.2, 0) is 0 Å². The molecule has 108 valence electrons. The minimum absolute atomic E-state index is 0.0415. The van der Waals surface area contributed by atoms with Gasteiger partial charge in [-0.1, -0.05) is 13.3 Å². The van der Waals surface area contributed by atoms with Crippen LogP contribution in [0.3, 0.4) is 0 Å². The Bertz CT molecular complexity index is 542. The lowest BCUT2D eigenvalue weighted by atomic mass is 10.1. The van der Waals surface area contributed by atoms with Gasteiger partial charge in [-0.15, -0.1) is 11.3 Å². The van der Waals surface area contributed by atoms with Crippen LogP contribution in [0.5, 0.6) is 5.75 Å². The number of thiazole rings is 1. The normalized spacial score (nSPS) is 12.7. The van der Waals surface area contributed by atoms with Gasteiger partial charge in [-0.05, 0) is 30.7 Å². The molecule has 0 aliphatic carbocycles. The largest absolute Gasteiger partial charge is 0.435 e. The molecule has 1 aromatic carbocycles. The first kappa shape index (κ1) is 14.9. The molecule has 1 unspecified atom stereocenters. The summed E-state index contributed by atoms with van der Waals surface area (Å²) >= 11 is 1.52. The monoisotopic (exact) mass is 298 g/mol. The number of ether oxygens (including phenoxy) is 1. The Morgan fingerprint density at radius 2 is 2.00 bits per heavy atom. The third-order valence-corrected chi connectivity index (χ3v) is 3.79. The van der Waals surface area contributed by atoms with E-state index in [4.69, 9.17) is 5.73 Å². The lowest BCUT2D eigenvalue weighted by Crippen LogP contribution is -2.09. The minimum Gasteiger partial charge on any atom is -0.435 e. The molecule has 1 heterocycles. The van der Waals surface area contributed by atoms with E-state index < -0.39 is 6.61 Å². The van der Waals surface area contributed by atoms with Gasteiger partial charge in [0, 0.05) is 10.9 Å². The number of nitrogens with two attached hydrogens (primary N) is 1. The number of alkyl halides is 2. The zero-order valence-corrected chi connectivity index (χ0v) is 11.9. The summed E-state index contributed by atoms with van der Waals surface area (Å²) in [5.74, 6) is 0.141. The van der Waals surface area contributed by atoms with Gasteiger partial charge in [-0.2, -0.15) is 8.78 Å². The molecule has 2 aromatic rings. The standard InChI is InChI=1S/C14H16F2N2OS/c1-2-3-11(17)13-18-12(8-20-13)9-4-6-10(7-5-9)19-14(15)16/h4-8,11,14H,2-3,17H2,1H3. The Labute approximate surface area is 120 Å². The van der Waals surface area contributed by atoms with Crippen molar-refractivity contribution in [1.82, 2.24) is 4.98 Å². The van der Waals surface area contributed by atoms with E-state index in [2.05, 4.69) is 16.6 Å². The van der Waals surface area contributed by atoms with Crippen LogP contribution in [0, 0.1) is 0 Å². The van der Waals surface area contributed by atoms with Crippen LogP contribution in [0.2, 0.25) is 0 Å². The molecule has 0 saturated carbocycles. The molecule has 0 saturated heterocycles. The smallest absolute Gasteiger partial charge is 0.387 e. The van der Waals surface area contributed by atoms with Crippen LogP contribution in [0.15, 0.2) is 29.6 Å². The predicted octanol–water partition coefficient (Wildman–Crippen LogP) is 4.21. The number of aromatic nitrogens is 1. The molecule has 0 aliphatic rings. The Balaban J connectivity index is 2.11. The molecule has 0 radical (unpaired) electrons. The Hall–Kier alpha value is -1.53. The highest BCUT2D eigenvalue weighted by atomic mass is 32.1. The summed E-state index contributed by atoms with van der Waals surface area (Å²) in [5.41, 5.74) is 7.69. The second-order valence-corrected chi connectivity index (χ2v) is 5.26. The number of halogens is 2. The molecule has 0 bridgehead atoms. The summed E-state index contributed by atoms with van der Waals surface area (Å²) in [7, 11) is 0. The van der Waals surface area contributed by atoms with Crippen LogP contribution in [0.4, 0.5) is 8.78 Å². The first-order chi connectivity index (χ1) is 9.60. The van der Waals surface area contributed by atoms with E-state index in [0.29, 0.717) is 0 Å². The van der Waals surface area contributed by atoms with Gasteiger partial charge < -0.3 is 10.5 Å². The molecular weight excluding hydrogens is 282 g/mol. The fourth-order valence-electron chi connectivity index (χ4n) is 1.83. The van der Waals surface area contributed by atoms with Crippen LogP contribution in [0.1, 0.15) is 30.8 Å². The van der Waals surface area contributed by atoms with E-state index in [1.807, 2.05) is 5.38 Å². The average molecular weight is 298 g/mol. The third kappa shape index (κ3) is 3.74. The van der Waals surface area contributed by atoms with Gasteiger partial charge in [0.05, 0.1) is 11.7 Å². The van der Waals surface area contributed by atoms with E-state index >= 15 is 0 Å². The van der Waals surface area contributed by atoms with Crippen molar-refractivity contribution in [3.05, 3.63) is 34.7 Å². The van der Waals surface area contributed by atoms with E-state index in [1.54, 1.807) is 12.1 Å². The summed E-state index contributed by atoms with van der Waals surface area (Å²) in [5, 5.41) is 2.82. The molecule has 1 atom stereocenters. The van der Waals surface area contributed by atoms with E-state index in [9.17, 15) is 8.78 Å². The number of nitrogens with zero attached hydrogens (tertiary/aromatic N) is 1. The van der Waals surface area contributed by atoms with Gasteiger partial charge >= 0.3 is 6.61 Å². The molecule has 1 aromatic heterocycles. The molecule has 0 fully saturated rings.